The number of nitrogens with two attached hydrogens (primary N) is 1. The zero-order valence-corrected chi connectivity index (χ0v) is 11.2. The Balaban J connectivity index is 1.73. The van der Waals surface area contributed by atoms with Crippen LogP contribution in [0.3, 0.4) is 0 Å². The first-order chi connectivity index (χ1) is 9.31. The third kappa shape index (κ3) is 2.99. The number of hydrogen-bond acceptors (Lipinski definition) is 7. The summed E-state index contributed by atoms with van der Waals surface area (Å²) in [5, 5.41) is 6.20. The van der Waals surface area contributed by atoms with Gasteiger partial charge < -0.3 is 15.8 Å². The molecule has 2 aromatic rings. The van der Waals surface area contributed by atoms with Crippen LogP contribution in [0.4, 0.5) is 11.8 Å². The van der Waals surface area contributed by atoms with E-state index >= 15 is 0 Å². The van der Waals surface area contributed by atoms with Gasteiger partial charge in [-0.25, -0.2) is 9.97 Å². The number of nitrogen functional groups attached to an aromatic ring is 1. The zero-order chi connectivity index (χ0) is 13.1. The van der Waals surface area contributed by atoms with E-state index in [1.807, 2.05) is 11.4 Å². The highest BCUT2D eigenvalue weighted by molar-refractivity contribution is 7.09. The summed E-state index contributed by atoms with van der Waals surface area (Å²) in [6.45, 7) is 2.15. The standard InChI is InChI=1S/C12H15N5OS/c13-12-16-9(8-1-3-18-7-8)5-10(17-12)15-6-11-14-2-4-19-11/h2,4-5,8H,1,3,6-7H2,(H3,13,15,16,17)/t8-/m0/s1. The van der Waals surface area contributed by atoms with Crippen LogP contribution < -0.4 is 11.1 Å². The lowest BCUT2D eigenvalue weighted by atomic mass is 10.0. The molecule has 0 bridgehead atoms. The SMILES string of the molecule is Nc1nc(NCc2nccs2)cc([C@H]2CCOC2)n1. The molecule has 2 aromatic heterocycles. The Kier molecular flexibility index (Phi) is 3.56. The Bertz CT molecular complexity index is 539. The zero-order valence-electron chi connectivity index (χ0n) is 10.4. The molecule has 100 valence electrons. The van der Waals surface area contributed by atoms with E-state index in [1.54, 1.807) is 17.5 Å². The average molecular weight is 277 g/mol. The lowest BCUT2D eigenvalue weighted by molar-refractivity contribution is 0.193. The summed E-state index contributed by atoms with van der Waals surface area (Å²) in [6, 6.07) is 1.95. The van der Waals surface area contributed by atoms with Crippen LogP contribution in [0.15, 0.2) is 17.6 Å². The van der Waals surface area contributed by atoms with Crippen molar-refractivity contribution in [1.82, 2.24) is 15.0 Å². The van der Waals surface area contributed by atoms with E-state index in [-0.39, 0.29) is 0 Å². The second-order valence-corrected chi connectivity index (χ2v) is 5.36. The first-order valence-electron chi connectivity index (χ1n) is 6.16. The Labute approximate surface area is 115 Å². The number of ether oxygens (including phenoxy) is 1. The molecule has 1 atom stereocenters. The number of anilines is 2. The Morgan fingerprint density at radius 3 is 3.16 bits per heavy atom. The molecule has 0 aliphatic carbocycles. The van der Waals surface area contributed by atoms with Crippen molar-refractivity contribution in [2.75, 3.05) is 24.3 Å². The highest BCUT2D eigenvalue weighted by Crippen LogP contribution is 2.25. The maximum atomic E-state index is 5.76. The average Bonchev–Trinajstić information content (AvgIpc) is 3.09. The topological polar surface area (TPSA) is 86.0 Å². The molecule has 1 aliphatic rings. The fourth-order valence-corrected chi connectivity index (χ4v) is 2.62. The van der Waals surface area contributed by atoms with Crippen LogP contribution in [-0.2, 0) is 11.3 Å². The van der Waals surface area contributed by atoms with Gasteiger partial charge in [0.05, 0.1) is 18.8 Å². The summed E-state index contributed by atoms with van der Waals surface area (Å²) in [4.78, 5) is 12.7. The summed E-state index contributed by atoms with van der Waals surface area (Å²) >= 11 is 1.61. The van der Waals surface area contributed by atoms with Crippen LogP contribution >= 0.6 is 11.3 Å². The lowest BCUT2D eigenvalue weighted by Gasteiger charge is -2.10. The van der Waals surface area contributed by atoms with Crippen LogP contribution in [0.25, 0.3) is 0 Å². The van der Waals surface area contributed by atoms with Gasteiger partial charge in [0.15, 0.2) is 0 Å². The van der Waals surface area contributed by atoms with Gasteiger partial charge in [0.25, 0.3) is 0 Å². The highest BCUT2D eigenvalue weighted by Gasteiger charge is 2.20. The minimum Gasteiger partial charge on any atom is -0.381 e. The maximum absolute atomic E-state index is 5.76. The van der Waals surface area contributed by atoms with Crippen molar-refractivity contribution in [2.24, 2.45) is 0 Å². The molecule has 1 fully saturated rings. The molecule has 0 spiro atoms. The number of thiazole rings is 1. The fraction of sp³-hybridized carbons (Fsp3) is 0.417. The van der Waals surface area contributed by atoms with Crippen molar-refractivity contribution in [1.29, 1.82) is 0 Å². The second-order valence-electron chi connectivity index (χ2n) is 4.38. The third-order valence-electron chi connectivity index (χ3n) is 3.02. The summed E-state index contributed by atoms with van der Waals surface area (Å²) in [5.74, 6) is 1.36. The molecule has 19 heavy (non-hydrogen) atoms. The number of nitrogens with one attached hydrogen (secondary N) is 1. The molecule has 7 heteroatoms. The molecule has 0 amide bonds. The van der Waals surface area contributed by atoms with E-state index in [0.29, 0.717) is 25.0 Å². The predicted octanol–water partition coefficient (Wildman–Crippen LogP) is 1.63. The first kappa shape index (κ1) is 12.3. The molecule has 0 saturated carbocycles. The molecule has 1 aliphatic heterocycles. The highest BCUT2D eigenvalue weighted by atomic mass is 32.1. The summed E-state index contributed by atoms with van der Waals surface area (Å²) < 4.78 is 5.38. The number of rotatable bonds is 4. The minimum absolute atomic E-state index is 0.297. The van der Waals surface area contributed by atoms with Gasteiger partial charge in [0.1, 0.15) is 10.8 Å². The van der Waals surface area contributed by atoms with Gasteiger partial charge in [0.2, 0.25) is 5.95 Å². The van der Waals surface area contributed by atoms with Gasteiger partial charge in [-0.3, -0.25) is 0 Å². The van der Waals surface area contributed by atoms with Crippen LogP contribution in [0.5, 0.6) is 0 Å². The van der Waals surface area contributed by atoms with E-state index in [9.17, 15) is 0 Å². The fourth-order valence-electron chi connectivity index (χ4n) is 2.06. The van der Waals surface area contributed by atoms with Crippen molar-refractivity contribution in [2.45, 2.75) is 18.9 Å². The second kappa shape index (κ2) is 5.50. The smallest absolute Gasteiger partial charge is 0.222 e. The molecule has 0 aromatic carbocycles. The van der Waals surface area contributed by atoms with Crippen molar-refractivity contribution in [3.8, 4) is 0 Å². The van der Waals surface area contributed by atoms with E-state index in [4.69, 9.17) is 10.5 Å². The molecule has 0 radical (unpaired) electrons. The molecule has 3 rings (SSSR count). The van der Waals surface area contributed by atoms with Crippen molar-refractivity contribution in [3.05, 3.63) is 28.3 Å². The molecular formula is C12H15N5OS. The van der Waals surface area contributed by atoms with Gasteiger partial charge in [-0.05, 0) is 6.42 Å². The van der Waals surface area contributed by atoms with Crippen LogP contribution in [0, 0.1) is 0 Å². The molecular weight excluding hydrogens is 262 g/mol. The van der Waals surface area contributed by atoms with Gasteiger partial charge in [-0.2, -0.15) is 4.98 Å². The quantitative estimate of drug-likeness (QED) is 0.883. The Morgan fingerprint density at radius 1 is 1.47 bits per heavy atom. The monoisotopic (exact) mass is 277 g/mol. The normalized spacial score (nSPS) is 18.6. The van der Waals surface area contributed by atoms with Crippen LogP contribution in [-0.4, -0.2) is 28.2 Å². The summed E-state index contributed by atoms with van der Waals surface area (Å²) in [6.07, 6.45) is 2.78. The van der Waals surface area contributed by atoms with E-state index in [2.05, 4.69) is 20.3 Å². The Hall–Kier alpha value is -1.73. The Morgan fingerprint density at radius 2 is 2.42 bits per heavy atom. The number of aromatic nitrogens is 3. The number of hydrogen-bond donors (Lipinski definition) is 2. The molecule has 6 nitrogen and oxygen atoms in total. The maximum Gasteiger partial charge on any atom is 0.222 e. The molecule has 3 N–H and O–H groups in total. The van der Waals surface area contributed by atoms with E-state index in [1.165, 1.54) is 0 Å². The summed E-state index contributed by atoms with van der Waals surface area (Å²) in [5.41, 5.74) is 6.71. The molecule has 3 heterocycles. The van der Waals surface area contributed by atoms with E-state index in [0.717, 1.165) is 29.5 Å². The van der Waals surface area contributed by atoms with Crippen LogP contribution in [0.2, 0.25) is 0 Å². The summed E-state index contributed by atoms with van der Waals surface area (Å²) in [7, 11) is 0. The van der Waals surface area contributed by atoms with Gasteiger partial charge >= 0.3 is 0 Å². The van der Waals surface area contributed by atoms with Crippen LogP contribution in [0.1, 0.15) is 23.0 Å². The van der Waals surface area contributed by atoms with Gasteiger partial charge in [-0.15, -0.1) is 11.3 Å². The number of nitrogens with zero attached hydrogens (tertiary/aromatic N) is 3. The van der Waals surface area contributed by atoms with E-state index < -0.39 is 0 Å². The largest absolute Gasteiger partial charge is 0.381 e. The lowest BCUT2D eigenvalue weighted by Crippen LogP contribution is -2.09. The van der Waals surface area contributed by atoms with Gasteiger partial charge in [0, 0.05) is 30.2 Å². The van der Waals surface area contributed by atoms with Gasteiger partial charge in [-0.1, -0.05) is 0 Å². The van der Waals surface area contributed by atoms with Crippen molar-refractivity contribution < 1.29 is 4.74 Å². The first-order valence-corrected chi connectivity index (χ1v) is 7.03. The molecule has 1 saturated heterocycles. The predicted molar refractivity (Wildman–Crippen MR) is 74.1 cm³/mol. The molecule has 0 unspecified atom stereocenters. The minimum atomic E-state index is 0.297. The van der Waals surface area contributed by atoms with Crippen molar-refractivity contribution in [3.63, 3.8) is 0 Å². The van der Waals surface area contributed by atoms with Crippen molar-refractivity contribution >= 4 is 23.1 Å². The third-order valence-corrected chi connectivity index (χ3v) is 3.80.